The molecule has 0 fully saturated rings. The zero-order valence-corrected chi connectivity index (χ0v) is 18.8. The first-order valence-electron chi connectivity index (χ1n) is 10.3. The SMILES string of the molecule is COc1ccc(COc2cnc(-c3nnc(CON)o3)cc2OCc2ccc(OC)cc2)cc1. The highest BCUT2D eigenvalue weighted by Gasteiger charge is 2.15. The van der Waals surface area contributed by atoms with Gasteiger partial charge >= 0.3 is 0 Å². The van der Waals surface area contributed by atoms with Gasteiger partial charge in [0.1, 0.15) is 37.0 Å². The molecular weight excluding hydrogens is 440 g/mol. The summed E-state index contributed by atoms with van der Waals surface area (Å²) in [4.78, 5) is 8.92. The van der Waals surface area contributed by atoms with E-state index in [2.05, 4.69) is 20.0 Å². The van der Waals surface area contributed by atoms with Gasteiger partial charge in [-0.05, 0) is 35.4 Å². The third-order valence-corrected chi connectivity index (χ3v) is 4.83. The van der Waals surface area contributed by atoms with E-state index in [0.29, 0.717) is 30.4 Å². The highest BCUT2D eigenvalue weighted by molar-refractivity contribution is 5.54. The second-order valence-corrected chi connectivity index (χ2v) is 7.10. The molecule has 0 saturated heterocycles. The van der Waals surface area contributed by atoms with Crippen molar-refractivity contribution in [2.75, 3.05) is 14.2 Å². The topological polar surface area (TPSA) is 124 Å². The van der Waals surface area contributed by atoms with E-state index in [4.69, 9.17) is 29.3 Å². The molecular formula is C24H24N4O6. The first kappa shape index (κ1) is 23.0. The van der Waals surface area contributed by atoms with E-state index in [-0.39, 0.29) is 18.4 Å². The predicted octanol–water partition coefficient (Wildman–Crippen LogP) is 3.70. The van der Waals surface area contributed by atoms with Gasteiger partial charge in [-0.3, -0.25) is 4.84 Å². The summed E-state index contributed by atoms with van der Waals surface area (Å²) in [5.74, 6) is 8.01. The van der Waals surface area contributed by atoms with Crippen LogP contribution >= 0.6 is 0 Å². The van der Waals surface area contributed by atoms with Crippen molar-refractivity contribution in [2.24, 2.45) is 5.90 Å². The number of ether oxygens (including phenoxy) is 4. The lowest BCUT2D eigenvalue weighted by atomic mass is 10.2. The lowest BCUT2D eigenvalue weighted by Gasteiger charge is -2.14. The molecule has 10 heteroatoms. The number of rotatable bonds is 11. The van der Waals surface area contributed by atoms with Crippen LogP contribution in [0.3, 0.4) is 0 Å². The molecule has 0 spiro atoms. The Kier molecular flexibility index (Phi) is 7.53. The molecule has 0 bridgehead atoms. The van der Waals surface area contributed by atoms with Gasteiger partial charge in [0.25, 0.3) is 5.89 Å². The van der Waals surface area contributed by atoms with Gasteiger partial charge in [0.15, 0.2) is 11.5 Å². The molecule has 0 aliphatic heterocycles. The maximum absolute atomic E-state index is 6.08. The first-order chi connectivity index (χ1) is 16.7. The summed E-state index contributed by atoms with van der Waals surface area (Å²) in [6, 6.07) is 16.9. The van der Waals surface area contributed by atoms with Crippen molar-refractivity contribution in [3.8, 4) is 34.6 Å². The van der Waals surface area contributed by atoms with Crippen LogP contribution in [0.2, 0.25) is 0 Å². The van der Waals surface area contributed by atoms with E-state index in [1.165, 1.54) is 0 Å². The van der Waals surface area contributed by atoms with Crippen molar-refractivity contribution < 1.29 is 28.2 Å². The Bertz CT molecular complexity index is 1200. The summed E-state index contributed by atoms with van der Waals surface area (Å²) in [6.45, 7) is 0.627. The number of nitrogens with zero attached hydrogens (tertiary/aromatic N) is 3. The first-order valence-corrected chi connectivity index (χ1v) is 10.3. The Labute approximate surface area is 196 Å². The molecule has 0 saturated carbocycles. The lowest BCUT2D eigenvalue weighted by molar-refractivity contribution is 0.105. The molecule has 34 heavy (non-hydrogen) atoms. The molecule has 0 aliphatic rings. The normalized spacial score (nSPS) is 10.7. The van der Waals surface area contributed by atoms with Crippen LogP contribution in [0.1, 0.15) is 17.0 Å². The number of hydrogen-bond donors (Lipinski definition) is 1. The largest absolute Gasteiger partial charge is 0.497 e. The molecule has 0 unspecified atom stereocenters. The quantitative estimate of drug-likeness (QED) is 0.329. The molecule has 176 valence electrons. The van der Waals surface area contributed by atoms with Crippen LogP contribution in [0.4, 0.5) is 0 Å². The van der Waals surface area contributed by atoms with Crippen molar-refractivity contribution in [1.29, 1.82) is 0 Å². The molecule has 2 aromatic carbocycles. The summed E-state index contributed by atoms with van der Waals surface area (Å²) in [5.41, 5.74) is 2.35. The average Bonchev–Trinajstić information content (AvgIpc) is 3.36. The monoisotopic (exact) mass is 464 g/mol. The van der Waals surface area contributed by atoms with Crippen LogP contribution in [0.15, 0.2) is 65.2 Å². The smallest absolute Gasteiger partial charge is 0.266 e. The van der Waals surface area contributed by atoms with E-state index in [1.807, 2.05) is 48.5 Å². The molecule has 2 aromatic heterocycles. The zero-order valence-electron chi connectivity index (χ0n) is 18.8. The molecule has 0 atom stereocenters. The zero-order chi connectivity index (χ0) is 23.8. The third-order valence-electron chi connectivity index (χ3n) is 4.83. The number of nitrogens with two attached hydrogens (primary N) is 1. The van der Waals surface area contributed by atoms with Crippen molar-refractivity contribution in [3.05, 3.63) is 77.8 Å². The molecule has 10 nitrogen and oxygen atoms in total. The van der Waals surface area contributed by atoms with Gasteiger partial charge < -0.3 is 23.4 Å². The highest BCUT2D eigenvalue weighted by atomic mass is 16.6. The van der Waals surface area contributed by atoms with Gasteiger partial charge in [-0.1, -0.05) is 24.3 Å². The predicted molar refractivity (Wildman–Crippen MR) is 121 cm³/mol. The maximum atomic E-state index is 6.08. The Morgan fingerprint density at radius 2 is 1.35 bits per heavy atom. The number of hydrogen-bond acceptors (Lipinski definition) is 10. The molecule has 2 N–H and O–H groups in total. The fourth-order valence-electron chi connectivity index (χ4n) is 3.01. The number of methoxy groups -OCH3 is 2. The standard InChI is InChI=1S/C24H24N4O6/c1-29-18-7-3-16(4-8-18)13-31-21-11-20(24-28-27-23(34-24)15-33-25)26-12-22(21)32-14-17-5-9-19(30-2)10-6-17/h3-12H,13-15,25H2,1-2H3. The molecule has 0 radical (unpaired) electrons. The fourth-order valence-corrected chi connectivity index (χ4v) is 3.01. The van der Waals surface area contributed by atoms with Crippen molar-refractivity contribution in [1.82, 2.24) is 15.2 Å². The van der Waals surface area contributed by atoms with Crippen LogP contribution < -0.4 is 24.8 Å². The average molecular weight is 464 g/mol. The van der Waals surface area contributed by atoms with Gasteiger partial charge in [-0.15, -0.1) is 10.2 Å². The van der Waals surface area contributed by atoms with Gasteiger partial charge in [0.05, 0.1) is 20.4 Å². The lowest BCUT2D eigenvalue weighted by Crippen LogP contribution is -2.02. The summed E-state index contributed by atoms with van der Waals surface area (Å²) in [7, 11) is 3.25. The van der Waals surface area contributed by atoms with Crippen molar-refractivity contribution in [2.45, 2.75) is 19.8 Å². The minimum atomic E-state index is -0.00309. The fraction of sp³-hybridized carbons (Fsp3) is 0.208. The van der Waals surface area contributed by atoms with E-state index < -0.39 is 0 Å². The molecule has 0 aliphatic carbocycles. The van der Waals surface area contributed by atoms with Crippen LogP contribution in [0, 0.1) is 0 Å². The molecule has 0 amide bonds. The van der Waals surface area contributed by atoms with Crippen LogP contribution in [0.5, 0.6) is 23.0 Å². The maximum Gasteiger partial charge on any atom is 0.266 e. The van der Waals surface area contributed by atoms with E-state index in [1.54, 1.807) is 26.5 Å². The van der Waals surface area contributed by atoms with Crippen LogP contribution in [0.25, 0.3) is 11.6 Å². The second-order valence-electron chi connectivity index (χ2n) is 7.10. The van der Waals surface area contributed by atoms with Crippen LogP contribution in [-0.2, 0) is 24.7 Å². The van der Waals surface area contributed by atoms with Gasteiger partial charge in [0, 0.05) is 6.07 Å². The molecule has 2 heterocycles. The van der Waals surface area contributed by atoms with E-state index in [9.17, 15) is 0 Å². The number of aromatic nitrogens is 3. The van der Waals surface area contributed by atoms with Crippen LogP contribution in [-0.4, -0.2) is 29.4 Å². The van der Waals surface area contributed by atoms with Crippen molar-refractivity contribution >= 4 is 0 Å². The van der Waals surface area contributed by atoms with Gasteiger partial charge in [0.2, 0.25) is 5.89 Å². The summed E-state index contributed by atoms with van der Waals surface area (Å²) in [6.07, 6.45) is 1.56. The number of pyridine rings is 1. The Morgan fingerprint density at radius 1 is 0.765 bits per heavy atom. The summed E-state index contributed by atoms with van der Waals surface area (Å²) >= 11 is 0. The highest BCUT2D eigenvalue weighted by Crippen LogP contribution is 2.32. The van der Waals surface area contributed by atoms with E-state index in [0.717, 1.165) is 22.6 Å². The number of benzene rings is 2. The Balaban J connectivity index is 1.54. The minimum Gasteiger partial charge on any atom is -0.497 e. The minimum absolute atomic E-state index is 0.00309. The van der Waals surface area contributed by atoms with Crippen molar-refractivity contribution in [3.63, 3.8) is 0 Å². The third kappa shape index (κ3) is 5.80. The Hall–Kier alpha value is -4.15. The second kappa shape index (κ2) is 11.1. The molecule has 4 aromatic rings. The van der Waals surface area contributed by atoms with Gasteiger partial charge in [-0.2, -0.15) is 0 Å². The molecule has 4 rings (SSSR count). The summed E-state index contributed by atoms with van der Waals surface area (Å²) in [5, 5.41) is 7.86. The van der Waals surface area contributed by atoms with Gasteiger partial charge in [-0.25, -0.2) is 10.9 Å². The Morgan fingerprint density at radius 3 is 1.91 bits per heavy atom. The summed E-state index contributed by atoms with van der Waals surface area (Å²) < 4.78 is 28.0. The van der Waals surface area contributed by atoms with E-state index >= 15 is 0 Å².